The van der Waals surface area contributed by atoms with E-state index in [0.717, 1.165) is 50.1 Å². The Morgan fingerprint density at radius 3 is 2.20 bits per heavy atom. The van der Waals surface area contributed by atoms with Crippen LogP contribution in [0.1, 0.15) is 56.1 Å². The number of benzene rings is 2. The molecule has 3 fully saturated rings. The van der Waals surface area contributed by atoms with Gasteiger partial charge >= 0.3 is 24.4 Å². The highest BCUT2D eigenvalue weighted by molar-refractivity contribution is 5.89. The van der Waals surface area contributed by atoms with E-state index in [1.165, 1.54) is 37.0 Å². The van der Waals surface area contributed by atoms with Gasteiger partial charge in [0.1, 0.15) is 0 Å². The Labute approximate surface area is 250 Å². The molecule has 0 unspecified atom stereocenters. The summed E-state index contributed by atoms with van der Waals surface area (Å²) in [5, 5.41) is 12.8. The van der Waals surface area contributed by atoms with Crippen molar-refractivity contribution in [2.24, 2.45) is 0 Å². The lowest BCUT2D eigenvalue weighted by molar-refractivity contribution is -0.192. The number of hydrogen-bond acceptors (Lipinski definition) is 5. The van der Waals surface area contributed by atoms with Crippen molar-refractivity contribution in [2.45, 2.75) is 80.8 Å². The van der Waals surface area contributed by atoms with Crippen LogP contribution >= 0.6 is 0 Å². The van der Waals surface area contributed by atoms with Crippen molar-refractivity contribution in [3.63, 3.8) is 0 Å². The molecule has 5 rings (SSSR count). The van der Waals surface area contributed by atoms with Gasteiger partial charge in [0.15, 0.2) is 11.5 Å². The van der Waals surface area contributed by atoms with Gasteiger partial charge in [0.25, 0.3) is 0 Å². The van der Waals surface area contributed by atoms with Gasteiger partial charge in [-0.3, -0.25) is 4.90 Å². The first kappa shape index (κ1) is 33.2. The van der Waals surface area contributed by atoms with Gasteiger partial charge < -0.3 is 25.2 Å². The number of alkyl halides is 6. The fourth-order valence-corrected chi connectivity index (χ4v) is 6.48. The molecule has 1 aliphatic heterocycles. The van der Waals surface area contributed by atoms with Crippen molar-refractivity contribution < 1.29 is 50.5 Å². The number of aliphatic carboxylic acids is 1. The van der Waals surface area contributed by atoms with E-state index in [-0.39, 0.29) is 23.2 Å². The summed E-state index contributed by atoms with van der Waals surface area (Å²) in [4.78, 5) is 24.3. The van der Waals surface area contributed by atoms with E-state index in [0.29, 0.717) is 11.8 Å². The molecule has 0 aromatic heterocycles. The summed E-state index contributed by atoms with van der Waals surface area (Å²) in [6.45, 7) is 1.02. The van der Waals surface area contributed by atoms with Crippen LogP contribution in [0, 0.1) is 0 Å². The molecule has 2 aromatic carbocycles. The molecule has 0 bridgehead atoms. The average molecular weight is 632 g/mol. The van der Waals surface area contributed by atoms with Gasteiger partial charge in [0, 0.05) is 29.2 Å². The van der Waals surface area contributed by atoms with Crippen molar-refractivity contribution in [2.75, 3.05) is 26.1 Å². The molecule has 1 saturated heterocycles. The number of anilines is 1. The van der Waals surface area contributed by atoms with Crippen molar-refractivity contribution in [1.82, 2.24) is 10.2 Å². The number of fused-ring (bicyclic) bond motifs is 1. The highest BCUT2D eigenvalue weighted by Gasteiger charge is 2.53. The van der Waals surface area contributed by atoms with E-state index in [1.54, 1.807) is 14.2 Å². The van der Waals surface area contributed by atoms with Crippen LogP contribution in [0.4, 0.5) is 36.8 Å². The van der Waals surface area contributed by atoms with Crippen molar-refractivity contribution >= 4 is 17.7 Å². The van der Waals surface area contributed by atoms with E-state index >= 15 is 0 Å². The third-order valence-corrected chi connectivity index (χ3v) is 8.83. The number of carbonyl (C=O) groups excluding carboxylic acids is 1. The lowest BCUT2D eigenvalue weighted by atomic mass is 9.64. The molecule has 3 aliphatic rings. The summed E-state index contributed by atoms with van der Waals surface area (Å²) in [6, 6.07) is 11.2. The van der Waals surface area contributed by atoms with Crippen molar-refractivity contribution in [3.8, 4) is 11.5 Å². The summed E-state index contributed by atoms with van der Waals surface area (Å²) < 4.78 is 82.0. The second-order valence-electron chi connectivity index (χ2n) is 11.3. The Balaban J connectivity index is 0.000000566. The maximum Gasteiger partial charge on any atom is 0.490 e. The molecule has 1 heterocycles. The number of amides is 2. The normalized spacial score (nSPS) is 23.8. The zero-order valence-corrected chi connectivity index (χ0v) is 24.2. The molecule has 3 atom stereocenters. The molecule has 2 saturated carbocycles. The number of rotatable bonds is 6. The lowest BCUT2D eigenvalue weighted by Gasteiger charge is -2.48. The third kappa shape index (κ3) is 7.33. The minimum absolute atomic E-state index is 0.0369. The molecule has 2 amide bonds. The summed E-state index contributed by atoms with van der Waals surface area (Å²) in [6.07, 6.45) is -2.35. The average Bonchev–Trinajstić information content (AvgIpc) is 3.30. The maximum absolute atomic E-state index is 13.1. The number of methoxy groups -OCH3 is 2. The van der Waals surface area contributed by atoms with Gasteiger partial charge in [0.05, 0.1) is 19.8 Å². The van der Waals surface area contributed by atoms with Crippen LogP contribution in [0.15, 0.2) is 42.5 Å². The maximum atomic E-state index is 13.1. The van der Waals surface area contributed by atoms with Gasteiger partial charge in [-0.2, -0.15) is 26.3 Å². The van der Waals surface area contributed by atoms with E-state index < -0.39 is 29.9 Å². The van der Waals surface area contributed by atoms with Crippen LogP contribution in [-0.2, 0) is 16.4 Å². The number of hydrogen-bond donors (Lipinski definition) is 3. The Hall–Kier alpha value is -3.68. The molecule has 242 valence electrons. The second-order valence-corrected chi connectivity index (χ2v) is 11.3. The fraction of sp³-hybridized carbons (Fsp3) is 0.533. The van der Waals surface area contributed by atoms with Gasteiger partial charge in [-0.15, -0.1) is 0 Å². The fourth-order valence-electron chi connectivity index (χ4n) is 6.48. The standard InChI is InChI=1S/C28H34F3N3O3.C2HF3O2/c1-36-23-10-9-18(16-24(23)37-2)27-12-11-21(17-25(27)34(14-13-27)22-7-4-8-22)33-26(35)32-20-6-3-5-19(15-20)28(29,30)31;3-2(4,5)1(6)7/h3,5-6,9-10,15-16,21-22,25H,4,7-8,11-14,17H2,1-2H3,(H2,32,33,35);(H,6,7)/t21-,25+,27+;/m1./s1. The molecule has 8 nitrogen and oxygen atoms in total. The number of carboxylic acid groups (broad SMARTS) is 1. The predicted octanol–water partition coefficient (Wildman–Crippen LogP) is 6.59. The van der Waals surface area contributed by atoms with Crippen LogP contribution < -0.4 is 20.1 Å². The van der Waals surface area contributed by atoms with Gasteiger partial charge in [-0.25, -0.2) is 9.59 Å². The van der Waals surface area contributed by atoms with Gasteiger partial charge in [0.2, 0.25) is 0 Å². The number of nitrogens with one attached hydrogen (secondary N) is 2. The number of halogens is 6. The van der Waals surface area contributed by atoms with Crippen LogP contribution in [0.5, 0.6) is 11.5 Å². The predicted molar refractivity (Wildman–Crippen MR) is 149 cm³/mol. The molecule has 2 aromatic rings. The van der Waals surface area contributed by atoms with Gasteiger partial charge in [-0.05, 0) is 81.0 Å². The number of likely N-dealkylation sites (tertiary alicyclic amines) is 1. The molecular formula is C30H35F6N3O5. The van der Waals surface area contributed by atoms with E-state index in [1.807, 2.05) is 6.07 Å². The number of carboxylic acids is 1. The molecular weight excluding hydrogens is 596 g/mol. The first-order valence-corrected chi connectivity index (χ1v) is 14.2. The highest BCUT2D eigenvalue weighted by Crippen LogP contribution is 2.52. The number of carbonyl (C=O) groups is 2. The lowest BCUT2D eigenvalue weighted by Crippen LogP contribution is -2.55. The van der Waals surface area contributed by atoms with Gasteiger partial charge in [-0.1, -0.05) is 18.6 Å². The van der Waals surface area contributed by atoms with Crippen LogP contribution in [0.25, 0.3) is 0 Å². The first-order valence-electron chi connectivity index (χ1n) is 14.2. The van der Waals surface area contributed by atoms with Crippen molar-refractivity contribution in [1.29, 1.82) is 0 Å². The summed E-state index contributed by atoms with van der Waals surface area (Å²) in [5.74, 6) is -1.34. The van der Waals surface area contributed by atoms with E-state index in [9.17, 15) is 31.1 Å². The number of ether oxygens (including phenoxy) is 2. The minimum atomic E-state index is -5.08. The van der Waals surface area contributed by atoms with Crippen LogP contribution in [0.3, 0.4) is 0 Å². The summed E-state index contributed by atoms with van der Waals surface area (Å²) in [5.41, 5.74) is 0.540. The molecule has 14 heteroatoms. The summed E-state index contributed by atoms with van der Waals surface area (Å²) in [7, 11) is 3.28. The van der Waals surface area contributed by atoms with Crippen LogP contribution in [-0.4, -0.2) is 67.1 Å². The topological polar surface area (TPSA) is 100 Å². The largest absolute Gasteiger partial charge is 0.493 e. The van der Waals surface area contributed by atoms with E-state index in [4.69, 9.17) is 19.4 Å². The molecule has 2 aliphatic carbocycles. The SMILES string of the molecule is COc1ccc([C@@]23CC[C@@H](NC(=O)Nc4cccc(C(F)(F)F)c4)C[C@@H]2N(C2CCC2)CC3)cc1OC.O=C(O)C(F)(F)F. The van der Waals surface area contributed by atoms with Crippen LogP contribution in [0.2, 0.25) is 0 Å². The number of urea groups is 1. The third-order valence-electron chi connectivity index (χ3n) is 8.83. The first-order chi connectivity index (χ1) is 20.7. The zero-order valence-electron chi connectivity index (χ0n) is 24.2. The second kappa shape index (κ2) is 13.1. The molecule has 0 radical (unpaired) electrons. The Kier molecular flexibility index (Phi) is 9.91. The summed E-state index contributed by atoms with van der Waals surface area (Å²) >= 11 is 0. The highest BCUT2D eigenvalue weighted by atomic mass is 19.4. The Morgan fingerprint density at radius 2 is 1.64 bits per heavy atom. The minimum Gasteiger partial charge on any atom is -0.493 e. The molecule has 0 spiro atoms. The zero-order chi connectivity index (χ0) is 32.3. The Bertz CT molecular complexity index is 1330. The Morgan fingerprint density at radius 1 is 0.955 bits per heavy atom. The quantitative estimate of drug-likeness (QED) is 0.311. The van der Waals surface area contributed by atoms with Crippen molar-refractivity contribution in [3.05, 3.63) is 53.6 Å². The van der Waals surface area contributed by atoms with E-state index in [2.05, 4.69) is 27.7 Å². The molecule has 44 heavy (non-hydrogen) atoms. The number of nitrogens with zero attached hydrogens (tertiary/aromatic N) is 1. The molecule has 3 N–H and O–H groups in total. The smallest absolute Gasteiger partial charge is 0.490 e. The monoisotopic (exact) mass is 631 g/mol.